The molecule has 2 heterocycles. The van der Waals surface area contributed by atoms with Crippen molar-refractivity contribution in [3.05, 3.63) is 12.2 Å². The molecule has 2 aromatic heterocycles. The minimum Gasteiger partial charge on any atom is -0.440 e. The first-order valence-corrected chi connectivity index (χ1v) is 12.1. The molecule has 0 bridgehead atoms. The third kappa shape index (κ3) is 7.21. The zero-order chi connectivity index (χ0) is 28.3. The Kier molecular flexibility index (Phi) is 8.65. The van der Waals surface area contributed by atoms with Gasteiger partial charge < -0.3 is 19.0 Å². The van der Waals surface area contributed by atoms with Crippen LogP contribution in [-0.4, -0.2) is 80.6 Å². The number of nitrogens with zero attached hydrogens (tertiary/aromatic N) is 8. The van der Waals surface area contributed by atoms with Gasteiger partial charge >= 0.3 is 18.2 Å². The molecule has 0 unspecified atom stereocenters. The topological polar surface area (TPSA) is 130 Å². The minimum atomic E-state index is -5.40. The van der Waals surface area contributed by atoms with Crippen LogP contribution in [0.15, 0.2) is 6.33 Å². The number of hydrogen-bond acceptors (Lipinski definition) is 10. The van der Waals surface area contributed by atoms with Crippen molar-refractivity contribution < 1.29 is 32.3 Å². The van der Waals surface area contributed by atoms with E-state index in [4.69, 9.17) is 4.74 Å². The van der Waals surface area contributed by atoms with Crippen molar-refractivity contribution >= 4 is 29.0 Å². The van der Waals surface area contributed by atoms with E-state index >= 15 is 0 Å². The number of hydrogen-bond donors (Lipinski definition) is 0. The summed E-state index contributed by atoms with van der Waals surface area (Å²) in [5, 5.41) is 10.7. The molecular formula is C23H31F3N8O4. The van der Waals surface area contributed by atoms with Crippen LogP contribution in [-0.2, 0) is 20.9 Å². The maximum Gasteiger partial charge on any atom is 0.493 e. The number of ether oxygens (including phenoxy) is 1. The van der Waals surface area contributed by atoms with Crippen LogP contribution in [0.4, 0.5) is 23.8 Å². The second-order valence-corrected chi connectivity index (χ2v) is 10.3. The number of alkyl halides is 3. The lowest BCUT2D eigenvalue weighted by Crippen LogP contribution is -2.53. The Morgan fingerprint density at radius 3 is 2.39 bits per heavy atom. The molecule has 0 aliphatic heterocycles. The van der Waals surface area contributed by atoms with Gasteiger partial charge in [0.05, 0.1) is 6.33 Å². The van der Waals surface area contributed by atoms with Crippen LogP contribution in [0.3, 0.4) is 0 Å². The van der Waals surface area contributed by atoms with E-state index in [0.29, 0.717) is 13.1 Å². The number of aromatic nitrogens is 4. The zero-order valence-corrected chi connectivity index (χ0v) is 21.9. The van der Waals surface area contributed by atoms with Crippen LogP contribution in [0.25, 0.3) is 11.2 Å². The lowest BCUT2D eigenvalue weighted by Gasteiger charge is -2.35. The molecule has 0 saturated heterocycles. The predicted octanol–water partition coefficient (Wildman–Crippen LogP) is 3.43. The number of nitriles is 1. The average Bonchev–Trinajstić information content (AvgIpc) is 3.47. The van der Waals surface area contributed by atoms with Gasteiger partial charge in [-0.15, -0.1) is 0 Å². The molecule has 208 valence electrons. The molecule has 2 aromatic rings. The fraction of sp³-hybridized carbons (Fsp3) is 0.652. The number of fused-ring (bicyclic) bond motifs is 1. The fourth-order valence-corrected chi connectivity index (χ4v) is 3.93. The minimum absolute atomic E-state index is 0.0497. The molecule has 0 radical (unpaired) electrons. The van der Waals surface area contributed by atoms with Crippen molar-refractivity contribution in [1.29, 1.82) is 5.26 Å². The summed E-state index contributed by atoms with van der Waals surface area (Å²) in [6, 6.07) is 1.84. The molecule has 1 saturated carbocycles. The maximum absolute atomic E-state index is 13.2. The summed E-state index contributed by atoms with van der Waals surface area (Å²) in [4.78, 5) is 44.4. The second-order valence-electron chi connectivity index (χ2n) is 10.3. The summed E-state index contributed by atoms with van der Waals surface area (Å²) in [7, 11) is 3.74. The molecule has 1 fully saturated rings. The number of hydrazine groups is 1. The molecule has 0 spiro atoms. The van der Waals surface area contributed by atoms with Crippen molar-refractivity contribution in [2.24, 2.45) is 5.92 Å². The van der Waals surface area contributed by atoms with E-state index in [0.717, 1.165) is 30.7 Å². The first-order valence-electron chi connectivity index (χ1n) is 12.1. The predicted molar refractivity (Wildman–Crippen MR) is 128 cm³/mol. The summed E-state index contributed by atoms with van der Waals surface area (Å²) in [5.74, 6) is -3.16. The van der Waals surface area contributed by atoms with Crippen LogP contribution < -0.4 is 5.01 Å². The lowest BCUT2D eigenvalue weighted by molar-refractivity contribution is -0.234. The number of imidazole rings is 1. The van der Waals surface area contributed by atoms with Gasteiger partial charge in [0.25, 0.3) is 0 Å². The summed E-state index contributed by atoms with van der Waals surface area (Å²) in [6.45, 7) is 5.53. The number of rotatable bonds is 7. The Balaban J connectivity index is 2.18. The van der Waals surface area contributed by atoms with E-state index in [1.807, 2.05) is 25.1 Å². The van der Waals surface area contributed by atoms with Gasteiger partial charge in [-0.1, -0.05) is 12.8 Å². The highest BCUT2D eigenvalue weighted by atomic mass is 19.4. The number of amides is 1. The Bertz CT molecular complexity index is 1200. The second kappa shape index (κ2) is 11.4. The molecule has 1 aliphatic carbocycles. The zero-order valence-electron chi connectivity index (χ0n) is 21.9. The third-order valence-corrected chi connectivity index (χ3v) is 5.65. The van der Waals surface area contributed by atoms with Gasteiger partial charge in [-0.05, 0) is 58.8 Å². The summed E-state index contributed by atoms with van der Waals surface area (Å²) in [5.41, 5.74) is -0.792. The number of hydroxylamine groups is 1. The summed E-state index contributed by atoms with van der Waals surface area (Å²) in [6.07, 6.45) is -2.09. The number of likely N-dealkylation sites (N-methyl/N-ethyl adjacent to an activating group) is 1. The standard InChI is InChI=1S/C23H31F3N8O4/c1-22(2,3)37-21(36)34(38-20(35)23(24,25)26)33(13-15-8-6-7-9-15)19-17-18(29-16(12-27)30-19)32(14-28-17)11-10-31(4)5/h14-15H,6-11,13H2,1-5H3. The van der Waals surface area contributed by atoms with Crippen molar-refractivity contribution in [2.45, 2.75) is 64.8 Å². The molecule has 38 heavy (non-hydrogen) atoms. The Morgan fingerprint density at radius 2 is 1.84 bits per heavy atom. The molecule has 0 aromatic carbocycles. The highest BCUT2D eigenvalue weighted by Gasteiger charge is 2.46. The molecular weight excluding hydrogens is 509 g/mol. The Labute approximate surface area is 217 Å². The smallest absolute Gasteiger partial charge is 0.440 e. The van der Waals surface area contributed by atoms with Crippen LogP contribution in [0.2, 0.25) is 0 Å². The fourth-order valence-electron chi connectivity index (χ4n) is 3.93. The van der Waals surface area contributed by atoms with Crippen LogP contribution in [0.1, 0.15) is 52.3 Å². The van der Waals surface area contributed by atoms with Gasteiger partial charge in [0.15, 0.2) is 17.0 Å². The molecule has 15 heteroatoms. The number of carbonyl (C=O) groups is 2. The number of carbonyl (C=O) groups excluding carboxylic acids is 2. The van der Waals surface area contributed by atoms with Gasteiger partial charge in [-0.2, -0.15) is 28.4 Å². The van der Waals surface area contributed by atoms with Crippen molar-refractivity contribution in [2.75, 3.05) is 32.2 Å². The third-order valence-electron chi connectivity index (χ3n) is 5.65. The quantitative estimate of drug-likeness (QED) is 0.482. The molecule has 12 nitrogen and oxygen atoms in total. The Morgan fingerprint density at radius 1 is 1.18 bits per heavy atom. The SMILES string of the molecule is CN(C)CCn1cnc2c(N(CC3CCCC3)N(OC(=O)C(F)(F)F)C(=O)OC(C)(C)C)nc(C#N)nc21. The summed E-state index contributed by atoms with van der Waals surface area (Å²) >= 11 is 0. The highest BCUT2D eigenvalue weighted by molar-refractivity contribution is 5.86. The van der Waals surface area contributed by atoms with Gasteiger partial charge in [-0.3, -0.25) is 0 Å². The molecule has 0 N–H and O–H groups in total. The van der Waals surface area contributed by atoms with Gasteiger partial charge in [0.2, 0.25) is 5.82 Å². The number of anilines is 1. The van der Waals surface area contributed by atoms with Gasteiger partial charge in [-0.25, -0.2) is 19.6 Å². The molecule has 1 amide bonds. The number of halogens is 3. The van der Waals surface area contributed by atoms with Crippen molar-refractivity contribution in [1.82, 2.24) is 29.6 Å². The van der Waals surface area contributed by atoms with Crippen molar-refractivity contribution in [3.63, 3.8) is 0 Å². The van der Waals surface area contributed by atoms with Crippen molar-refractivity contribution in [3.8, 4) is 6.07 Å². The Hall–Kier alpha value is -3.67. The van der Waals surface area contributed by atoms with Crippen LogP contribution in [0, 0.1) is 17.2 Å². The van der Waals surface area contributed by atoms with E-state index in [9.17, 15) is 28.0 Å². The van der Waals surface area contributed by atoms with E-state index in [1.165, 1.54) is 27.1 Å². The molecule has 0 atom stereocenters. The van der Waals surface area contributed by atoms with E-state index in [2.05, 4.69) is 19.8 Å². The monoisotopic (exact) mass is 540 g/mol. The molecule has 1 aliphatic rings. The van der Waals surface area contributed by atoms with E-state index < -0.39 is 23.8 Å². The van der Waals surface area contributed by atoms with Gasteiger partial charge in [0, 0.05) is 19.6 Å². The van der Waals surface area contributed by atoms with Gasteiger partial charge in [0.1, 0.15) is 11.7 Å². The highest BCUT2D eigenvalue weighted by Crippen LogP contribution is 2.32. The van der Waals surface area contributed by atoms with Crippen LogP contribution in [0.5, 0.6) is 0 Å². The van der Waals surface area contributed by atoms with E-state index in [1.54, 1.807) is 4.57 Å². The summed E-state index contributed by atoms with van der Waals surface area (Å²) < 4.78 is 46.7. The lowest BCUT2D eigenvalue weighted by atomic mass is 10.1. The maximum atomic E-state index is 13.2. The first kappa shape index (κ1) is 28.9. The molecule has 3 rings (SSSR count). The van der Waals surface area contributed by atoms with E-state index in [-0.39, 0.29) is 40.4 Å². The largest absolute Gasteiger partial charge is 0.493 e. The first-order chi connectivity index (χ1) is 17.7. The van der Waals surface area contributed by atoms with Crippen LogP contribution >= 0.6 is 0 Å². The average molecular weight is 541 g/mol. The normalized spacial score (nSPS) is 14.5.